The molecule has 0 radical (unpaired) electrons. The number of aliphatic hydroxyl groups excluding tert-OH is 1. The van der Waals surface area contributed by atoms with Crippen molar-refractivity contribution in [1.82, 2.24) is 10.6 Å². The van der Waals surface area contributed by atoms with Crippen LogP contribution in [0.2, 0.25) is 4.34 Å². The van der Waals surface area contributed by atoms with E-state index < -0.39 is 6.10 Å². The summed E-state index contributed by atoms with van der Waals surface area (Å²) in [4.78, 5) is 12.4. The van der Waals surface area contributed by atoms with Crippen molar-refractivity contribution in [3.63, 3.8) is 0 Å². The molecule has 3 N–H and O–H groups in total. The second-order valence-corrected chi connectivity index (χ2v) is 6.47. The van der Waals surface area contributed by atoms with Gasteiger partial charge in [-0.05, 0) is 25.0 Å². The largest absolute Gasteiger partial charge is 0.386 e. The highest BCUT2D eigenvalue weighted by molar-refractivity contribution is 7.16. The zero-order valence-electron chi connectivity index (χ0n) is 11.5. The number of hydrogen-bond acceptors (Lipinski definition) is 5. The summed E-state index contributed by atoms with van der Waals surface area (Å²) in [5.74, 6) is -0.135. The van der Waals surface area contributed by atoms with Gasteiger partial charge >= 0.3 is 0 Å². The molecule has 1 saturated heterocycles. The SMILES string of the molecule is Cl.O=C(CNCC1CCCO1)NCC(O)c1ccc(Cl)s1. The van der Waals surface area contributed by atoms with Gasteiger partial charge in [0.05, 0.1) is 17.0 Å². The molecule has 2 heterocycles. The number of nitrogens with one attached hydrogen (secondary N) is 2. The van der Waals surface area contributed by atoms with Crippen molar-refractivity contribution in [3.8, 4) is 0 Å². The van der Waals surface area contributed by atoms with Crippen LogP contribution in [0.4, 0.5) is 0 Å². The Bertz CT molecular complexity index is 439. The second-order valence-electron chi connectivity index (χ2n) is 4.73. The van der Waals surface area contributed by atoms with E-state index in [2.05, 4.69) is 10.6 Å². The van der Waals surface area contributed by atoms with Gasteiger partial charge in [0.25, 0.3) is 0 Å². The molecule has 2 atom stereocenters. The quantitative estimate of drug-likeness (QED) is 0.697. The maximum absolute atomic E-state index is 11.6. The van der Waals surface area contributed by atoms with Crippen LogP contribution in [0.3, 0.4) is 0 Å². The van der Waals surface area contributed by atoms with Crippen LogP contribution in [0.15, 0.2) is 12.1 Å². The van der Waals surface area contributed by atoms with Crippen molar-refractivity contribution in [2.24, 2.45) is 0 Å². The lowest BCUT2D eigenvalue weighted by molar-refractivity contribution is -0.120. The first-order valence-corrected chi connectivity index (χ1v) is 7.87. The molecule has 0 spiro atoms. The maximum atomic E-state index is 11.6. The molecule has 1 aliphatic rings. The molecule has 1 aliphatic heterocycles. The standard InChI is InChI=1S/C13H19ClN2O3S.ClH/c14-12-4-3-11(20-12)10(17)7-16-13(18)8-15-6-9-2-1-5-19-9;/h3-4,9-10,15,17H,1-2,5-8H2,(H,16,18);1H. The smallest absolute Gasteiger partial charge is 0.234 e. The molecule has 0 saturated carbocycles. The summed E-state index contributed by atoms with van der Waals surface area (Å²) < 4.78 is 6.08. The normalized spacial score (nSPS) is 19.0. The second kappa shape index (κ2) is 9.61. The Morgan fingerprint density at radius 1 is 1.57 bits per heavy atom. The van der Waals surface area contributed by atoms with Crippen molar-refractivity contribution in [3.05, 3.63) is 21.3 Å². The first-order valence-electron chi connectivity index (χ1n) is 6.67. The van der Waals surface area contributed by atoms with Gasteiger partial charge in [-0.25, -0.2) is 0 Å². The molecule has 1 fully saturated rings. The Hall–Kier alpha value is -0.370. The predicted octanol–water partition coefficient (Wildman–Crippen LogP) is 1.74. The van der Waals surface area contributed by atoms with Crippen molar-refractivity contribution in [2.45, 2.75) is 25.0 Å². The summed E-state index contributed by atoms with van der Waals surface area (Å²) in [7, 11) is 0. The third-order valence-corrected chi connectivity index (χ3v) is 4.43. The third kappa shape index (κ3) is 6.50. The van der Waals surface area contributed by atoms with Crippen LogP contribution < -0.4 is 10.6 Å². The van der Waals surface area contributed by atoms with Gasteiger partial charge in [0.2, 0.25) is 5.91 Å². The summed E-state index contributed by atoms with van der Waals surface area (Å²) in [5, 5.41) is 15.6. The molecule has 0 aliphatic carbocycles. The Kier molecular flexibility index (Phi) is 8.55. The summed E-state index contributed by atoms with van der Waals surface area (Å²) in [6.45, 7) is 1.93. The molecule has 0 aromatic carbocycles. The van der Waals surface area contributed by atoms with Crippen LogP contribution in [0, 0.1) is 0 Å². The molecule has 1 aromatic rings. The molecule has 1 aromatic heterocycles. The van der Waals surface area contributed by atoms with E-state index in [-0.39, 0.29) is 37.5 Å². The molecule has 2 unspecified atom stereocenters. The predicted molar refractivity (Wildman–Crippen MR) is 86.4 cm³/mol. The molecular weight excluding hydrogens is 335 g/mol. The number of ether oxygens (including phenoxy) is 1. The van der Waals surface area contributed by atoms with Gasteiger partial charge in [0.15, 0.2) is 0 Å². The number of thiophene rings is 1. The van der Waals surface area contributed by atoms with Crippen molar-refractivity contribution in [1.29, 1.82) is 0 Å². The fraction of sp³-hybridized carbons (Fsp3) is 0.615. The summed E-state index contributed by atoms with van der Waals surface area (Å²) in [5.41, 5.74) is 0. The maximum Gasteiger partial charge on any atom is 0.234 e. The van der Waals surface area contributed by atoms with Crippen molar-refractivity contribution in [2.75, 3.05) is 26.2 Å². The number of aliphatic hydroxyl groups is 1. The van der Waals surface area contributed by atoms with E-state index in [1.54, 1.807) is 12.1 Å². The van der Waals surface area contributed by atoms with E-state index >= 15 is 0 Å². The Morgan fingerprint density at radius 2 is 2.38 bits per heavy atom. The zero-order chi connectivity index (χ0) is 14.4. The molecule has 21 heavy (non-hydrogen) atoms. The summed E-state index contributed by atoms with van der Waals surface area (Å²) >= 11 is 7.11. The lowest BCUT2D eigenvalue weighted by atomic mass is 10.2. The average molecular weight is 355 g/mol. The van der Waals surface area contributed by atoms with Crippen LogP contribution in [0.1, 0.15) is 23.8 Å². The highest BCUT2D eigenvalue weighted by Crippen LogP contribution is 2.26. The Morgan fingerprint density at radius 3 is 3.00 bits per heavy atom. The Labute approximate surface area is 139 Å². The lowest BCUT2D eigenvalue weighted by Gasteiger charge is -2.12. The Balaban J connectivity index is 0.00000220. The van der Waals surface area contributed by atoms with E-state index in [1.165, 1.54) is 11.3 Å². The topological polar surface area (TPSA) is 70.6 Å². The molecule has 120 valence electrons. The first-order chi connectivity index (χ1) is 9.65. The number of halogens is 2. The van der Waals surface area contributed by atoms with Crippen LogP contribution in [0.5, 0.6) is 0 Å². The fourth-order valence-electron chi connectivity index (χ4n) is 2.03. The molecule has 5 nitrogen and oxygen atoms in total. The van der Waals surface area contributed by atoms with Gasteiger partial charge in [-0.15, -0.1) is 23.7 Å². The molecule has 2 rings (SSSR count). The van der Waals surface area contributed by atoms with E-state index in [1.807, 2.05) is 0 Å². The van der Waals surface area contributed by atoms with Crippen molar-refractivity contribution >= 4 is 41.3 Å². The number of hydrogen-bond donors (Lipinski definition) is 3. The number of rotatable bonds is 7. The first kappa shape index (κ1) is 18.7. The minimum absolute atomic E-state index is 0. The van der Waals surface area contributed by atoms with Gasteiger partial charge in [-0.1, -0.05) is 11.6 Å². The van der Waals surface area contributed by atoms with Crippen LogP contribution >= 0.6 is 35.3 Å². The van der Waals surface area contributed by atoms with E-state index in [0.717, 1.165) is 24.3 Å². The van der Waals surface area contributed by atoms with Gasteiger partial charge in [-0.3, -0.25) is 4.79 Å². The average Bonchev–Trinajstić information content (AvgIpc) is 3.07. The van der Waals surface area contributed by atoms with Gasteiger partial charge in [0, 0.05) is 24.6 Å². The van der Waals surface area contributed by atoms with E-state index in [9.17, 15) is 9.90 Å². The fourth-order valence-corrected chi connectivity index (χ4v) is 3.08. The molecule has 0 bridgehead atoms. The highest BCUT2D eigenvalue weighted by atomic mass is 35.5. The van der Waals surface area contributed by atoms with Gasteiger partial charge < -0.3 is 20.5 Å². The van der Waals surface area contributed by atoms with E-state index in [0.29, 0.717) is 10.9 Å². The van der Waals surface area contributed by atoms with Crippen LogP contribution in [-0.2, 0) is 9.53 Å². The minimum Gasteiger partial charge on any atom is -0.386 e. The molecular formula is C13H20Cl2N2O3S. The lowest BCUT2D eigenvalue weighted by Crippen LogP contribution is -2.38. The molecule has 8 heteroatoms. The highest BCUT2D eigenvalue weighted by Gasteiger charge is 2.15. The summed E-state index contributed by atoms with van der Waals surface area (Å²) in [6, 6.07) is 3.50. The van der Waals surface area contributed by atoms with Crippen LogP contribution in [0.25, 0.3) is 0 Å². The number of carbonyl (C=O) groups excluding carboxylic acids is 1. The zero-order valence-corrected chi connectivity index (χ0v) is 13.9. The third-order valence-electron chi connectivity index (χ3n) is 3.10. The van der Waals surface area contributed by atoms with Crippen molar-refractivity contribution < 1.29 is 14.6 Å². The minimum atomic E-state index is -0.713. The molecule has 1 amide bonds. The van der Waals surface area contributed by atoms with E-state index in [4.69, 9.17) is 16.3 Å². The number of carbonyl (C=O) groups is 1. The van der Waals surface area contributed by atoms with Crippen LogP contribution in [-0.4, -0.2) is 43.4 Å². The number of amides is 1. The monoisotopic (exact) mass is 354 g/mol. The summed E-state index contributed by atoms with van der Waals surface area (Å²) in [6.07, 6.45) is 1.65. The van der Waals surface area contributed by atoms with Gasteiger partial charge in [-0.2, -0.15) is 0 Å². The van der Waals surface area contributed by atoms with Gasteiger partial charge in [0.1, 0.15) is 6.10 Å².